The average Bonchev–Trinajstić information content (AvgIpc) is 3.18. The summed E-state index contributed by atoms with van der Waals surface area (Å²) in [5.41, 5.74) is 5.29. The fraction of sp³-hybridized carbons (Fsp3) is 0.593. The number of aldehydes is 1. The molecule has 0 radical (unpaired) electrons. The molecule has 1 aromatic rings. The van der Waals surface area contributed by atoms with E-state index in [4.69, 9.17) is 4.99 Å². The Kier molecular flexibility index (Phi) is 10.5. The van der Waals surface area contributed by atoms with E-state index in [2.05, 4.69) is 57.4 Å². The van der Waals surface area contributed by atoms with Crippen LogP contribution in [0, 0.1) is 18.8 Å². The Labute approximate surface area is 214 Å². The fourth-order valence-electron chi connectivity index (χ4n) is 4.91. The molecule has 0 bridgehead atoms. The summed E-state index contributed by atoms with van der Waals surface area (Å²) in [6.45, 7) is 6.11. The monoisotopic (exact) mass is 500 g/mol. The number of piperidine rings is 1. The lowest BCUT2D eigenvalue weighted by atomic mass is 9.82. The number of nitrogens with one attached hydrogen (secondary N) is 2. The van der Waals surface area contributed by atoms with Crippen molar-refractivity contribution in [1.29, 1.82) is 0 Å². The summed E-state index contributed by atoms with van der Waals surface area (Å²) in [4.78, 5) is 32.8. The molecule has 1 saturated carbocycles. The van der Waals surface area contributed by atoms with Crippen molar-refractivity contribution in [2.24, 2.45) is 16.8 Å². The zero-order chi connectivity index (χ0) is 25.3. The zero-order valence-electron chi connectivity index (χ0n) is 21.5. The van der Waals surface area contributed by atoms with Crippen LogP contribution < -0.4 is 10.8 Å². The number of hydrogen-bond acceptors (Lipinski definition) is 7. The third-order valence-corrected chi connectivity index (χ3v) is 8.19. The standard InChI is InChI=1S/C25H33N3O2S.C2H7NO/c1-18-3-6-22(7-4-18)23-26-24(30)25(27-23)11-13-28(14-12-25)31-16-10-21-8-5-20(9-15-29)17-19(21)2;1-3-4-2/h5,8,10,15-18,22H,3-4,6-7,9,11-14H2,1-2H3,(H,26,27,30);3H,1-2H3/b16-10+;. The van der Waals surface area contributed by atoms with E-state index in [1.165, 1.54) is 24.0 Å². The zero-order valence-corrected chi connectivity index (χ0v) is 22.3. The quantitative estimate of drug-likeness (QED) is 0.330. The van der Waals surface area contributed by atoms with Crippen LogP contribution in [0.1, 0.15) is 62.1 Å². The highest BCUT2D eigenvalue weighted by atomic mass is 32.2. The Hall–Kier alpha value is -2.00. The van der Waals surface area contributed by atoms with Gasteiger partial charge in [0.15, 0.2) is 0 Å². The molecule has 7 nitrogen and oxygen atoms in total. The molecule has 2 fully saturated rings. The van der Waals surface area contributed by atoms with Crippen molar-refractivity contribution >= 4 is 36.1 Å². The summed E-state index contributed by atoms with van der Waals surface area (Å²) in [5.74, 6) is 2.32. The van der Waals surface area contributed by atoms with Gasteiger partial charge in [0.25, 0.3) is 5.91 Å². The molecule has 35 heavy (non-hydrogen) atoms. The maximum absolute atomic E-state index is 12.8. The van der Waals surface area contributed by atoms with Gasteiger partial charge in [-0.1, -0.05) is 49.9 Å². The van der Waals surface area contributed by atoms with Gasteiger partial charge in [-0.3, -0.25) is 9.79 Å². The molecule has 1 saturated heterocycles. The SMILES string of the molecule is CNOC.Cc1cc(CC=O)ccc1/C=C/SN1CCC2(CC1)N=C(C1CCC(C)CC1)NC2=O. The van der Waals surface area contributed by atoms with E-state index in [9.17, 15) is 9.59 Å². The van der Waals surface area contributed by atoms with Gasteiger partial charge in [-0.05, 0) is 66.7 Å². The second-order valence-electron chi connectivity index (χ2n) is 9.75. The van der Waals surface area contributed by atoms with Crippen LogP contribution in [0.4, 0.5) is 0 Å². The predicted octanol–water partition coefficient (Wildman–Crippen LogP) is 4.31. The highest BCUT2D eigenvalue weighted by Gasteiger charge is 2.47. The molecule has 1 spiro atoms. The third-order valence-electron chi connectivity index (χ3n) is 7.27. The number of amidine groups is 1. The largest absolute Gasteiger partial charge is 0.312 e. The molecular formula is C27H40N4O3S. The highest BCUT2D eigenvalue weighted by molar-refractivity contribution is 8.00. The van der Waals surface area contributed by atoms with Crippen LogP contribution in [0.5, 0.6) is 0 Å². The topological polar surface area (TPSA) is 83.0 Å². The Balaban J connectivity index is 0.000000795. The molecule has 2 heterocycles. The molecule has 1 amide bonds. The number of carbonyl (C=O) groups excluding carboxylic acids is 2. The molecule has 8 heteroatoms. The van der Waals surface area contributed by atoms with E-state index in [1.807, 2.05) is 6.07 Å². The lowest BCUT2D eigenvalue weighted by Gasteiger charge is -2.34. The van der Waals surface area contributed by atoms with E-state index >= 15 is 0 Å². The van der Waals surface area contributed by atoms with Crippen molar-refractivity contribution in [2.75, 3.05) is 27.2 Å². The van der Waals surface area contributed by atoms with Crippen molar-refractivity contribution in [3.8, 4) is 0 Å². The van der Waals surface area contributed by atoms with E-state index < -0.39 is 5.54 Å². The molecule has 0 aromatic heterocycles. The van der Waals surface area contributed by atoms with Crippen LogP contribution in [-0.2, 0) is 20.8 Å². The summed E-state index contributed by atoms with van der Waals surface area (Å²) in [6.07, 6.45) is 9.88. The van der Waals surface area contributed by atoms with Crippen LogP contribution in [0.2, 0.25) is 0 Å². The van der Waals surface area contributed by atoms with E-state index in [-0.39, 0.29) is 5.91 Å². The van der Waals surface area contributed by atoms with Crippen molar-refractivity contribution < 1.29 is 14.4 Å². The molecule has 2 N–H and O–H groups in total. The van der Waals surface area contributed by atoms with E-state index in [1.54, 1.807) is 26.1 Å². The van der Waals surface area contributed by atoms with Crippen LogP contribution >= 0.6 is 11.9 Å². The number of aliphatic imine (C=N–C) groups is 1. The molecule has 1 aromatic carbocycles. The molecular weight excluding hydrogens is 460 g/mol. The number of amides is 1. The molecule has 0 atom stereocenters. The van der Waals surface area contributed by atoms with Crippen molar-refractivity contribution in [3.63, 3.8) is 0 Å². The van der Waals surface area contributed by atoms with Gasteiger partial charge in [0.05, 0.1) is 7.11 Å². The van der Waals surface area contributed by atoms with Gasteiger partial charge in [0.2, 0.25) is 0 Å². The van der Waals surface area contributed by atoms with Gasteiger partial charge in [-0.2, -0.15) is 0 Å². The minimum atomic E-state index is -0.538. The van der Waals surface area contributed by atoms with Gasteiger partial charge >= 0.3 is 0 Å². The Morgan fingerprint density at radius 2 is 1.94 bits per heavy atom. The maximum Gasteiger partial charge on any atom is 0.253 e. The average molecular weight is 501 g/mol. The molecule has 2 aliphatic heterocycles. The summed E-state index contributed by atoms with van der Waals surface area (Å²) < 4.78 is 2.32. The van der Waals surface area contributed by atoms with E-state index in [0.29, 0.717) is 12.3 Å². The molecule has 1 aliphatic carbocycles. The summed E-state index contributed by atoms with van der Waals surface area (Å²) in [7, 11) is 3.28. The highest BCUT2D eigenvalue weighted by Crippen LogP contribution is 2.36. The smallest absolute Gasteiger partial charge is 0.253 e. The third kappa shape index (κ3) is 7.49. The number of benzene rings is 1. The number of rotatable bonds is 7. The van der Waals surface area contributed by atoms with Crippen LogP contribution in [0.15, 0.2) is 28.6 Å². The number of hydrogen-bond donors (Lipinski definition) is 2. The van der Waals surface area contributed by atoms with Crippen LogP contribution in [0.3, 0.4) is 0 Å². The van der Waals surface area contributed by atoms with Gasteiger partial charge in [-0.25, -0.2) is 9.79 Å². The predicted molar refractivity (Wildman–Crippen MR) is 144 cm³/mol. The summed E-state index contributed by atoms with van der Waals surface area (Å²) >= 11 is 1.70. The fourth-order valence-corrected chi connectivity index (χ4v) is 5.68. The minimum absolute atomic E-state index is 0.118. The molecule has 0 unspecified atom stereocenters. The molecule has 3 aliphatic rings. The number of nitrogens with zero attached hydrogens (tertiary/aromatic N) is 2. The van der Waals surface area contributed by atoms with Crippen molar-refractivity contribution in [1.82, 2.24) is 15.1 Å². The number of hydroxylamine groups is 1. The van der Waals surface area contributed by atoms with Crippen LogP contribution in [0.25, 0.3) is 6.08 Å². The number of aryl methyl sites for hydroxylation is 1. The van der Waals surface area contributed by atoms with Gasteiger partial charge in [0.1, 0.15) is 17.7 Å². The van der Waals surface area contributed by atoms with Gasteiger partial charge < -0.3 is 14.9 Å². The first kappa shape index (κ1) is 27.6. The second-order valence-corrected chi connectivity index (χ2v) is 10.7. The summed E-state index contributed by atoms with van der Waals surface area (Å²) in [5, 5.41) is 5.27. The Morgan fingerprint density at radius 1 is 1.26 bits per heavy atom. The summed E-state index contributed by atoms with van der Waals surface area (Å²) in [6, 6.07) is 6.16. The number of carbonyl (C=O) groups is 2. The van der Waals surface area contributed by atoms with E-state index in [0.717, 1.165) is 62.4 Å². The normalized spacial score (nSPS) is 24.1. The maximum atomic E-state index is 12.8. The van der Waals surface area contributed by atoms with Crippen molar-refractivity contribution in [3.05, 3.63) is 40.3 Å². The van der Waals surface area contributed by atoms with Crippen LogP contribution in [-0.4, -0.2) is 55.1 Å². The molecule has 4 rings (SSSR count). The first-order valence-electron chi connectivity index (χ1n) is 12.6. The second kappa shape index (κ2) is 13.3. The van der Waals surface area contributed by atoms with Gasteiger partial charge in [0, 0.05) is 32.5 Å². The minimum Gasteiger partial charge on any atom is -0.312 e. The molecule has 192 valence electrons. The lowest BCUT2D eigenvalue weighted by Crippen LogP contribution is -2.47. The Morgan fingerprint density at radius 3 is 2.54 bits per heavy atom. The Bertz CT molecular complexity index is 915. The first-order valence-corrected chi connectivity index (χ1v) is 13.5. The van der Waals surface area contributed by atoms with Gasteiger partial charge in [-0.15, -0.1) is 0 Å². The lowest BCUT2D eigenvalue weighted by molar-refractivity contribution is -0.124. The van der Waals surface area contributed by atoms with Crippen molar-refractivity contribution in [2.45, 2.75) is 64.3 Å². The first-order chi connectivity index (χ1) is 16.9.